The summed E-state index contributed by atoms with van der Waals surface area (Å²) in [5.41, 5.74) is 1.04. The number of anilines is 1. The van der Waals surface area contributed by atoms with E-state index in [0.29, 0.717) is 5.56 Å². The van der Waals surface area contributed by atoms with E-state index in [1.807, 2.05) is 0 Å². The molecule has 1 aromatic heterocycles. The number of nitrogens with zero attached hydrogens (tertiary/aromatic N) is 2. The number of carboxylic acid groups (broad SMARTS) is 1. The number of rotatable bonds is 5. The molecule has 1 aliphatic rings. The standard InChI is InChI=1S/C22H15N3O5/c26-19(24-18-6-2-1-5-16(18)22(29)30)14-7-8-15-17(10-14)21(28)25(20(15)27)12-13-4-3-9-23-11-13/h1-11H,12H2,(H,24,26)(H,29,30)/p-1. The topological polar surface area (TPSA) is 120 Å². The zero-order valence-corrected chi connectivity index (χ0v) is 15.5. The maximum atomic E-state index is 12.8. The first kappa shape index (κ1) is 19.0. The second kappa shape index (κ2) is 7.59. The Morgan fingerprint density at radius 2 is 1.73 bits per heavy atom. The smallest absolute Gasteiger partial charge is 0.261 e. The number of fused-ring (bicyclic) bond motifs is 1. The number of hydrogen-bond acceptors (Lipinski definition) is 6. The van der Waals surface area contributed by atoms with Gasteiger partial charge in [-0.05, 0) is 35.9 Å². The van der Waals surface area contributed by atoms with Gasteiger partial charge >= 0.3 is 0 Å². The molecule has 8 heteroatoms. The van der Waals surface area contributed by atoms with Crippen LogP contribution in [0.15, 0.2) is 67.0 Å². The quantitative estimate of drug-likeness (QED) is 0.648. The average Bonchev–Trinajstić information content (AvgIpc) is 2.99. The summed E-state index contributed by atoms with van der Waals surface area (Å²) in [5.74, 6) is -3.00. The van der Waals surface area contributed by atoms with Crippen molar-refractivity contribution < 1.29 is 24.3 Å². The number of imide groups is 1. The molecule has 4 rings (SSSR count). The summed E-state index contributed by atoms with van der Waals surface area (Å²) in [4.78, 5) is 54.2. The third-order valence-electron chi connectivity index (χ3n) is 4.69. The monoisotopic (exact) mass is 400 g/mol. The third kappa shape index (κ3) is 3.42. The molecule has 3 aromatic rings. The summed E-state index contributed by atoms with van der Waals surface area (Å²) in [6.45, 7) is 0.0701. The van der Waals surface area contributed by atoms with Gasteiger partial charge in [-0.2, -0.15) is 0 Å². The molecule has 0 unspecified atom stereocenters. The SMILES string of the molecule is O=C(Nc1ccccc1C(=O)[O-])c1ccc2c(c1)C(=O)N(Cc1cccnc1)C2=O. The molecule has 1 N–H and O–H groups in total. The maximum Gasteiger partial charge on any atom is 0.261 e. The van der Waals surface area contributed by atoms with Gasteiger partial charge in [0.05, 0.1) is 29.3 Å². The number of hydrogen-bond donors (Lipinski definition) is 1. The molecular formula is C22H14N3O5-. The number of carbonyl (C=O) groups excluding carboxylic acids is 4. The van der Waals surface area contributed by atoms with Crippen molar-refractivity contribution in [3.05, 3.63) is 94.8 Å². The second-order valence-corrected chi connectivity index (χ2v) is 6.61. The third-order valence-corrected chi connectivity index (χ3v) is 4.69. The van der Waals surface area contributed by atoms with Gasteiger partial charge in [-0.25, -0.2) is 0 Å². The molecule has 3 amide bonds. The summed E-state index contributed by atoms with van der Waals surface area (Å²) in [7, 11) is 0. The van der Waals surface area contributed by atoms with Crippen molar-refractivity contribution in [2.24, 2.45) is 0 Å². The number of amides is 3. The molecule has 8 nitrogen and oxygen atoms in total. The minimum absolute atomic E-state index is 0.0701. The van der Waals surface area contributed by atoms with Crippen molar-refractivity contribution in [3.63, 3.8) is 0 Å². The molecule has 0 saturated carbocycles. The molecule has 2 aromatic carbocycles. The highest BCUT2D eigenvalue weighted by Gasteiger charge is 2.36. The lowest BCUT2D eigenvalue weighted by Gasteiger charge is -2.13. The Morgan fingerprint density at radius 3 is 2.47 bits per heavy atom. The van der Waals surface area contributed by atoms with E-state index in [1.54, 1.807) is 30.6 Å². The van der Waals surface area contributed by atoms with Crippen molar-refractivity contribution in [3.8, 4) is 0 Å². The van der Waals surface area contributed by atoms with Crippen LogP contribution in [-0.4, -0.2) is 33.6 Å². The Labute approximate surface area is 170 Å². The number of aromatic nitrogens is 1. The first-order chi connectivity index (χ1) is 14.5. The van der Waals surface area contributed by atoms with Gasteiger partial charge in [0, 0.05) is 23.5 Å². The Hall–Kier alpha value is -4.33. The minimum atomic E-state index is -1.42. The molecule has 30 heavy (non-hydrogen) atoms. The first-order valence-corrected chi connectivity index (χ1v) is 8.96. The van der Waals surface area contributed by atoms with Gasteiger partial charge in [-0.3, -0.25) is 24.3 Å². The van der Waals surface area contributed by atoms with Crippen LogP contribution in [0.25, 0.3) is 0 Å². The Balaban J connectivity index is 1.59. The number of pyridine rings is 1. The van der Waals surface area contributed by atoms with Crippen molar-refractivity contribution >= 4 is 29.4 Å². The lowest BCUT2D eigenvalue weighted by Crippen LogP contribution is -2.29. The van der Waals surface area contributed by atoms with Crippen LogP contribution in [0.4, 0.5) is 5.69 Å². The number of nitrogens with one attached hydrogen (secondary N) is 1. The van der Waals surface area contributed by atoms with Gasteiger partial charge in [0.15, 0.2) is 0 Å². The van der Waals surface area contributed by atoms with Crippen LogP contribution in [0.1, 0.15) is 47.0 Å². The average molecular weight is 400 g/mol. The summed E-state index contributed by atoms with van der Waals surface area (Å²) in [6.07, 6.45) is 3.16. The first-order valence-electron chi connectivity index (χ1n) is 8.96. The number of carboxylic acids is 1. The molecule has 0 spiro atoms. The normalized spacial score (nSPS) is 12.6. The number of aromatic carboxylic acids is 1. The Bertz CT molecular complexity index is 1190. The highest BCUT2D eigenvalue weighted by molar-refractivity contribution is 6.22. The van der Waals surface area contributed by atoms with Crippen LogP contribution < -0.4 is 10.4 Å². The van der Waals surface area contributed by atoms with Gasteiger partial charge in [0.25, 0.3) is 17.7 Å². The highest BCUT2D eigenvalue weighted by atomic mass is 16.4. The Kier molecular flexibility index (Phi) is 4.81. The van der Waals surface area contributed by atoms with E-state index in [0.717, 1.165) is 4.90 Å². The van der Waals surface area contributed by atoms with E-state index in [1.165, 1.54) is 36.4 Å². The molecule has 1 aliphatic heterocycles. The van der Waals surface area contributed by atoms with Gasteiger partial charge in [0.2, 0.25) is 0 Å². The Morgan fingerprint density at radius 1 is 0.967 bits per heavy atom. The summed E-state index contributed by atoms with van der Waals surface area (Å²) in [5, 5.41) is 13.7. The fourth-order valence-electron chi connectivity index (χ4n) is 3.21. The molecule has 148 valence electrons. The lowest BCUT2D eigenvalue weighted by atomic mass is 10.0. The van der Waals surface area contributed by atoms with E-state index in [4.69, 9.17) is 0 Å². The van der Waals surface area contributed by atoms with Crippen molar-refractivity contribution in [2.45, 2.75) is 6.54 Å². The van der Waals surface area contributed by atoms with Crippen molar-refractivity contribution in [1.29, 1.82) is 0 Å². The largest absolute Gasteiger partial charge is 0.545 e. The summed E-state index contributed by atoms with van der Waals surface area (Å²) < 4.78 is 0. The van der Waals surface area contributed by atoms with E-state index < -0.39 is 23.7 Å². The van der Waals surface area contributed by atoms with Crippen LogP contribution in [-0.2, 0) is 6.54 Å². The van der Waals surface area contributed by atoms with Crippen LogP contribution >= 0.6 is 0 Å². The van der Waals surface area contributed by atoms with E-state index in [2.05, 4.69) is 10.3 Å². The molecule has 0 fully saturated rings. The van der Waals surface area contributed by atoms with E-state index in [-0.39, 0.29) is 34.5 Å². The fourth-order valence-corrected chi connectivity index (χ4v) is 3.21. The molecule has 0 bridgehead atoms. The zero-order valence-electron chi connectivity index (χ0n) is 15.5. The number of carbonyl (C=O) groups is 4. The number of para-hydroxylation sites is 1. The summed E-state index contributed by atoms with van der Waals surface area (Å²) in [6, 6.07) is 13.4. The summed E-state index contributed by atoms with van der Waals surface area (Å²) >= 11 is 0. The predicted molar refractivity (Wildman–Crippen MR) is 104 cm³/mol. The lowest BCUT2D eigenvalue weighted by molar-refractivity contribution is -0.254. The molecule has 2 heterocycles. The van der Waals surface area contributed by atoms with Crippen molar-refractivity contribution in [1.82, 2.24) is 9.88 Å². The number of benzene rings is 2. The molecule has 0 atom stereocenters. The molecule has 0 saturated heterocycles. The molecular weight excluding hydrogens is 386 g/mol. The predicted octanol–water partition coefficient (Wildman–Crippen LogP) is 1.49. The van der Waals surface area contributed by atoms with Crippen molar-refractivity contribution in [2.75, 3.05) is 5.32 Å². The van der Waals surface area contributed by atoms with Crippen LogP contribution in [0, 0.1) is 0 Å². The van der Waals surface area contributed by atoms with Gasteiger partial charge in [-0.1, -0.05) is 24.3 Å². The molecule has 0 radical (unpaired) electrons. The molecule has 0 aliphatic carbocycles. The second-order valence-electron chi connectivity index (χ2n) is 6.61. The zero-order chi connectivity index (χ0) is 21.3. The maximum absolute atomic E-state index is 12.8. The van der Waals surface area contributed by atoms with Gasteiger partial charge in [0.1, 0.15) is 0 Å². The van der Waals surface area contributed by atoms with Gasteiger partial charge in [-0.15, -0.1) is 0 Å². The fraction of sp³-hybridized carbons (Fsp3) is 0.0455. The minimum Gasteiger partial charge on any atom is -0.545 e. The van der Waals surface area contributed by atoms with Crippen LogP contribution in [0.5, 0.6) is 0 Å². The van der Waals surface area contributed by atoms with E-state index >= 15 is 0 Å². The van der Waals surface area contributed by atoms with Crippen LogP contribution in [0.3, 0.4) is 0 Å². The van der Waals surface area contributed by atoms with Crippen LogP contribution in [0.2, 0.25) is 0 Å². The highest BCUT2D eigenvalue weighted by Crippen LogP contribution is 2.26. The van der Waals surface area contributed by atoms with E-state index in [9.17, 15) is 24.3 Å². The van der Waals surface area contributed by atoms with Gasteiger partial charge < -0.3 is 15.2 Å².